The van der Waals surface area contributed by atoms with Crippen LogP contribution in [-0.4, -0.2) is 4.98 Å². The molecule has 0 radical (unpaired) electrons. The summed E-state index contributed by atoms with van der Waals surface area (Å²) in [6, 6.07) is 10.3. The van der Waals surface area contributed by atoms with Crippen molar-refractivity contribution in [1.29, 1.82) is 0 Å². The van der Waals surface area contributed by atoms with Crippen LogP contribution in [0.1, 0.15) is 23.6 Å². The summed E-state index contributed by atoms with van der Waals surface area (Å²) in [5.41, 5.74) is 1.60. The molecule has 0 bridgehead atoms. The van der Waals surface area contributed by atoms with E-state index in [2.05, 4.69) is 17.2 Å². The minimum Gasteiger partial charge on any atom is -0.366 e. The molecule has 0 spiro atoms. The Morgan fingerprint density at radius 3 is 2.30 bits per heavy atom. The van der Waals surface area contributed by atoms with Crippen molar-refractivity contribution in [3.8, 4) is 0 Å². The zero-order chi connectivity index (χ0) is 14.6. The van der Waals surface area contributed by atoms with Gasteiger partial charge in [0.25, 0.3) is 0 Å². The van der Waals surface area contributed by atoms with Crippen LogP contribution >= 0.6 is 0 Å². The molecule has 0 aliphatic heterocycles. The fraction of sp³-hybridized carbons (Fsp3) is 0.267. The fourth-order valence-corrected chi connectivity index (χ4v) is 1.93. The number of anilines is 1. The molecule has 1 N–H and O–H groups in total. The number of nitrogens with one attached hydrogen (secondary N) is 1. The van der Waals surface area contributed by atoms with E-state index in [1.807, 2.05) is 24.3 Å². The molecule has 2 nitrogen and oxygen atoms in total. The Bertz CT molecular complexity index is 562. The van der Waals surface area contributed by atoms with Gasteiger partial charge in [0.1, 0.15) is 5.82 Å². The summed E-state index contributed by atoms with van der Waals surface area (Å²) in [6.45, 7) is 2.61. The molecule has 2 aromatic rings. The first-order valence-electron chi connectivity index (χ1n) is 6.34. The highest BCUT2D eigenvalue weighted by molar-refractivity contribution is 5.38. The number of halogens is 3. The molecule has 1 heterocycles. The Balaban J connectivity index is 2.04. The molecular formula is C15H15F3N2. The lowest BCUT2D eigenvalue weighted by Gasteiger charge is -2.11. The number of rotatable bonds is 4. The van der Waals surface area contributed by atoms with E-state index in [9.17, 15) is 13.2 Å². The fourth-order valence-electron chi connectivity index (χ4n) is 1.93. The molecule has 0 fully saturated rings. The average Bonchev–Trinajstić information content (AvgIpc) is 2.45. The van der Waals surface area contributed by atoms with Gasteiger partial charge in [-0.05, 0) is 29.7 Å². The van der Waals surface area contributed by atoms with Gasteiger partial charge in [0, 0.05) is 12.7 Å². The van der Waals surface area contributed by atoms with Crippen molar-refractivity contribution in [2.45, 2.75) is 26.1 Å². The molecule has 1 aromatic carbocycles. The molecule has 2 rings (SSSR count). The average molecular weight is 280 g/mol. The number of alkyl halides is 3. The summed E-state index contributed by atoms with van der Waals surface area (Å²) < 4.78 is 37.2. The Morgan fingerprint density at radius 1 is 1.05 bits per heavy atom. The molecule has 106 valence electrons. The third-order valence-electron chi connectivity index (χ3n) is 3.05. The van der Waals surface area contributed by atoms with Gasteiger partial charge in [-0.25, -0.2) is 4.98 Å². The Hall–Kier alpha value is -2.04. The van der Waals surface area contributed by atoms with Gasteiger partial charge in [0.2, 0.25) is 0 Å². The SMILES string of the molecule is CCc1ccccc1CNc1ccc(C(F)(F)F)cn1. The topological polar surface area (TPSA) is 24.9 Å². The van der Waals surface area contributed by atoms with Crippen molar-refractivity contribution in [3.05, 3.63) is 59.3 Å². The van der Waals surface area contributed by atoms with Crippen LogP contribution < -0.4 is 5.32 Å². The van der Waals surface area contributed by atoms with Gasteiger partial charge < -0.3 is 5.32 Å². The third kappa shape index (κ3) is 3.50. The number of hydrogen-bond donors (Lipinski definition) is 1. The van der Waals surface area contributed by atoms with Crippen molar-refractivity contribution in [1.82, 2.24) is 4.98 Å². The summed E-state index contributed by atoms with van der Waals surface area (Å²) in [7, 11) is 0. The van der Waals surface area contributed by atoms with Crippen molar-refractivity contribution >= 4 is 5.82 Å². The number of benzene rings is 1. The predicted molar refractivity (Wildman–Crippen MR) is 72.4 cm³/mol. The number of aryl methyl sites for hydroxylation is 1. The Morgan fingerprint density at radius 2 is 1.75 bits per heavy atom. The second kappa shape index (κ2) is 5.94. The van der Waals surface area contributed by atoms with Crippen molar-refractivity contribution in [2.75, 3.05) is 5.32 Å². The molecule has 5 heteroatoms. The van der Waals surface area contributed by atoms with E-state index in [1.54, 1.807) is 0 Å². The van der Waals surface area contributed by atoms with Crippen molar-refractivity contribution in [2.24, 2.45) is 0 Å². The maximum atomic E-state index is 12.4. The van der Waals surface area contributed by atoms with E-state index in [1.165, 1.54) is 11.6 Å². The predicted octanol–water partition coefficient (Wildman–Crippen LogP) is 4.27. The Labute approximate surface area is 115 Å². The number of pyridine rings is 1. The summed E-state index contributed by atoms with van der Waals surface area (Å²) in [5, 5.41) is 3.04. The number of aromatic nitrogens is 1. The van der Waals surface area contributed by atoms with E-state index in [4.69, 9.17) is 0 Å². The van der Waals surface area contributed by atoms with Crippen LogP contribution in [0.3, 0.4) is 0 Å². The lowest BCUT2D eigenvalue weighted by atomic mass is 10.1. The smallest absolute Gasteiger partial charge is 0.366 e. The minimum atomic E-state index is -4.35. The molecule has 0 saturated carbocycles. The highest BCUT2D eigenvalue weighted by Gasteiger charge is 2.30. The van der Waals surface area contributed by atoms with Crippen LogP contribution in [0.4, 0.5) is 19.0 Å². The molecule has 20 heavy (non-hydrogen) atoms. The molecule has 0 atom stereocenters. The summed E-state index contributed by atoms with van der Waals surface area (Å²) in [5.74, 6) is 0.434. The first kappa shape index (κ1) is 14.4. The molecule has 0 aliphatic rings. The van der Waals surface area contributed by atoms with Crippen LogP contribution in [-0.2, 0) is 19.1 Å². The lowest BCUT2D eigenvalue weighted by molar-refractivity contribution is -0.137. The zero-order valence-electron chi connectivity index (χ0n) is 11.0. The number of nitrogens with zero attached hydrogens (tertiary/aromatic N) is 1. The second-order valence-electron chi connectivity index (χ2n) is 4.41. The standard InChI is InChI=1S/C15H15F3N2/c1-2-11-5-3-4-6-12(11)9-19-14-8-7-13(10-20-14)15(16,17)18/h3-8,10H,2,9H2,1H3,(H,19,20). The van der Waals surface area contributed by atoms with Gasteiger partial charge in [-0.1, -0.05) is 31.2 Å². The van der Waals surface area contributed by atoms with Crippen LogP contribution in [0, 0.1) is 0 Å². The summed E-state index contributed by atoms with van der Waals surface area (Å²) in [6.07, 6.45) is -2.59. The molecule has 0 unspecified atom stereocenters. The molecular weight excluding hydrogens is 265 g/mol. The monoisotopic (exact) mass is 280 g/mol. The van der Waals surface area contributed by atoms with Gasteiger partial charge in [0.15, 0.2) is 0 Å². The van der Waals surface area contributed by atoms with Gasteiger partial charge >= 0.3 is 6.18 Å². The van der Waals surface area contributed by atoms with Crippen molar-refractivity contribution < 1.29 is 13.2 Å². The highest BCUT2D eigenvalue weighted by Crippen LogP contribution is 2.28. The quantitative estimate of drug-likeness (QED) is 0.904. The van der Waals surface area contributed by atoms with E-state index < -0.39 is 11.7 Å². The first-order valence-corrected chi connectivity index (χ1v) is 6.34. The van der Waals surface area contributed by atoms with Crippen LogP contribution in [0.25, 0.3) is 0 Å². The van der Waals surface area contributed by atoms with E-state index in [-0.39, 0.29) is 0 Å². The highest BCUT2D eigenvalue weighted by atomic mass is 19.4. The minimum absolute atomic E-state index is 0.434. The zero-order valence-corrected chi connectivity index (χ0v) is 11.0. The summed E-state index contributed by atoms with van der Waals surface area (Å²) in [4.78, 5) is 3.78. The maximum absolute atomic E-state index is 12.4. The van der Waals surface area contributed by atoms with E-state index in [0.29, 0.717) is 12.4 Å². The normalized spacial score (nSPS) is 11.4. The number of hydrogen-bond acceptors (Lipinski definition) is 2. The molecule has 0 aliphatic carbocycles. The first-order chi connectivity index (χ1) is 9.50. The van der Waals surface area contributed by atoms with Crippen LogP contribution in [0.15, 0.2) is 42.6 Å². The Kier molecular flexibility index (Phi) is 4.27. The van der Waals surface area contributed by atoms with Crippen LogP contribution in [0.2, 0.25) is 0 Å². The van der Waals surface area contributed by atoms with Gasteiger partial charge in [0.05, 0.1) is 5.56 Å². The van der Waals surface area contributed by atoms with Gasteiger partial charge in [-0.2, -0.15) is 13.2 Å². The van der Waals surface area contributed by atoms with Crippen LogP contribution in [0.5, 0.6) is 0 Å². The van der Waals surface area contributed by atoms with Gasteiger partial charge in [-0.15, -0.1) is 0 Å². The molecule has 1 aromatic heterocycles. The van der Waals surface area contributed by atoms with Crippen molar-refractivity contribution in [3.63, 3.8) is 0 Å². The molecule has 0 saturated heterocycles. The largest absolute Gasteiger partial charge is 0.417 e. The maximum Gasteiger partial charge on any atom is 0.417 e. The van der Waals surface area contributed by atoms with Gasteiger partial charge in [-0.3, -0.25) is 0 Å². The molecule has 0 amide bonds. The van der Waals surface area contributed by atoms with E-state index >= 15 is 0 Å². The third-order valence-corrected chi connectivity index (χ3v) is 3.05. The lowest BCUT2D eigenvalue weighted by Crippen LogP contribution is -2.07. The van der Waals surface area contributed by atoms with E-state index in [0.717, 1.165) is 24.2 Å². The second-order valence-corrected chi connectivity index (χ2v) is 4.41. The summed E-state index contributed by atoms with van der Waals surface area (Å²) >= 11 is 0.